The number of aromatic nitrogens is 1. The third-order valence-electron chi connectivity index (χ3n) is 2.72. The van der Waals surface area contributed by atoms with Crippen LogP contribution in [0, 0.1) is 6.92 Å². The van der Waals surface area contributed by atoms with Crippen molar-refractivity contribution in [1.29, 1.82) is 0 Å². The van der Waals surface area contributed by atoms with Crippen molar-refractivity contribution in [2.75, 3.05) is 0 Å². The van der Waals surface area contributed by atoms with E-state index in [2.05, 4.69) is 9.72 Å². The topological polar surface area (TPSA) is 42.4 Å². The average molecular weight is 283 g/mol. The van der Waals surface area contributed by atoms with E-state index in [0.29, 0.717) is 5.69 Å². The molecule has 0 bridgehead atoms. The van der Waals surface area contributed by atoms with Crippen LogP contribution in [0.4, 0.5) is 13.2 Å². The summed E-state index contributed by atoms with van der Waals surface area (Å²) in [5.41, 5.74) is 1.44. The van der Waals surface area contributed by atoms with E-state index < -0.39 is 12.5 Å². The molecule has 0 aliphatic rings. The lowest BCUT2D eigenvalue weighted by Gasteiger charge is -2.15. The van der Waals surface area contributed by atoms with E-state index in [4.69, 9.17) is 0 Å². The minimum atomic E-state index is -4.76. The largest absolute Gasteiger partial charge is 0.573 e. The maximum atomic E-state index is 12.2. The molecule has 106 valence electrons. The first kappa shape index (κ1) is 14.3. The van der Waals surface area contributed by atoms with Gasteiger partial charge in [0, 0.05) is 6.20 Å². The first-order chi connectivity index (χ1) is 9.37. The molecule has 6 heteroatoms. The minimum absolute atomic E-state index is 0.286. The van der Waals surface area contributed by atoms with E-state index >= 15 is 0 Å². The van der Waals surface area contributed by atoms with E-state index in [0.717, 1.165) is 11.6 Å². The molecule has 0 spiro atoms. The summed E-state index contributed by atoms with van der Waals surface area (Å²) >= 11 is 0. The molecule has 3 nitrogen and oxygen atoms in total. The molecular formula is C14H12F3NO2. The number of benzene rings is 1. The second-order valence-electron chi connectivity index (χ2n) is 4.23. The zero-order valence-corrected chi connectivity index (χ0v) is 10.6. The Bertz CT molecular complexity index is 599. The van der Waals surface area contributed by atoms with Crippen molar-refractivity contribution in [2.24, 2.45) is 0 Å². The van der Waals surface area contributed by atoms with E-state index in [-0.39, 0.29) is 11.3 Å². The number of hydrogen-bond donors (Lipinski definition) is 1. The predicted octanol–water partition coefficient (Wildman–Crippen LogP) is 3.37. The number of alkyl halides is 3. The maximum Gasteiger partial charge on any atom is 0.573 e. The lowest BCUT2D eigenvalue weighted by Crippen LogP contribution is -2.17. The van der Waals surface area contributed by atoms with Gasteiger partial charge in [-0.25, -0.2) is 0 Å². The molecule has 0 saturated heterocycles. The van der Waals surface area contributed by atoms with Crippen LogP contribution in [0.3, 0.4) is 0 Å². The van der Waals surface area contributed by atoms with Crippen LogP contribution in [0.15, 0.2) is 42.6 Å². The fourth-order valence-corrected chi connectivity index (χ4v) is 1.82. The first-order valence-electron chi connectivity index (χ1n) is 5.82. The molecule has 2 rings (SSSR count). The van der Waals surface area contributed by atoms with E-state index in [1.807, 2.05) is 0 Å². The number of aryl methyl sites for hydroxylation is 1. The summed E-state index contributed by atoms with van der Waals surface area (Å²) in [7, 11) is 0. The smallest absolute Gasteiger partial charge is 0.406 e. The van der Waals surface area contributed by atoms with Gasteiger partial charge in [0.15, 0.2) is 0 Å². The summed E-state index contributed by atoms with van der Waals surface area (Å²) in [5, 5.41) is 10.2. The average Bonchev–Trinajstić information content (AvgIpc) is 2.37. The Kier molecular flexibility index (Phi) is 3.94. The Labute approximate surface area is 113 Å². The Morgan fingerprint density at radius 3 is 2.60 bits per heavy atom. The molecule has 1 atom stereocenters. The van der Waals surface area contributed by atoms with Crippen molar-refractivity contribution in [3.05, 3.63) is 59.4 Å². The van der Waals surface area contributed by atoms with Gasteiger partial charge in [-0.2, -0.15) is 0 Å². The minimum Gasteiger partial charge on any atom is -0.406 e. The monoisotopic (exact) mass is 283 g/mol. The van der Waals surface area contributed by atoms with Crippen LogP contribution in [0.25, 0.3) is 0 Å². The molecule has 1 aromatic heterocycles. The highest BCUT2D eigenvalue weighted by Gasteiger charge is 2.31. The molecule has 0 radical (unpaired) electrons. The van der Waals surface area contributed by atoms with Crippen LogP contribution in [0.2, 0.25) is 0 Å². The molecule has 0 saturated carbocycles. The molecule has 1 unspecified atom stereocenters. The summed E-state index contributed by atoms with van der Waals surface area (Å²) in [6.07, 6.45) is -4.35. The molecule has 2 aromatic rings. The number of nitrogens with zero attached hydrogens (tertiary/aromatic N) is 1. The molecule has 1 heterocycles. The van der Waals surface area contributed by atoms with E-state index in [1.165, 1.54) is 24.4 Å². The summed E-state index contributed by atoms with van der Waals surface area (Å²) in [6.45, 7) is 1.77. The van der Waals surface area contributed by atoms with Gasteiger partial charge < -0.3 is 9.84 Å². The van der Waals surface area contributed by atoms with Crippen LogP contribution < -0.4 is 4.74 Å². The van der Waals surface area contributed by atoms with Crippen LogP contribution >= 0.6 is 0 Å². The number of halogens is 3. The highest BCUT2D eigenvalue weighted by molar-refractivity contribution is 5.35. The molecule has 0 fully saturated rings. The molecule has 0 amide bonds. The van der Waals surface area contributed by atoms with Crippen LogP contribution in [0.5, 0.6) is 5.75 Å². The maximum absolute atomic E-state index is 12.2. The van der Waals surface area contributed by atoms with Gasteiger partial charge in [0.1, 0.15) is 11.9 Å². The second-order valence-corrected chi connectivity index (χ2v) is 4.23. The lowest BCUT2D eigenvalue weighted by atomic mass is 10.0. The summed E-state index contributed by atoms with van der Waals surface area (Å²) in [6, 6.07) is 8.71. The first-order valence-corrected chi connectivity index (χ1v) is 5.82. The van der Waals surface area contributed by atoms with Crippen molar-refractivity contribution in [1.82, 2.24) is 4.98 Å². The highest BCUT2D eigenvalue weighted by Crippen LogP contribution is 2.28. The molecule has 0 aliphatic carbocycles. The van der Waals surface area contributed by atoms with Crippen LogP contribution in [-0.2, 0) is 0 Å². The highest BCUT2D eigenvalue weighted by atomic mass is 19.4. The zero-order valence-electron chi connectivity index (χ0n) is 10.6. The third-order valence-corrected chi connectivity index (χ3v) is 2.72. The number of hydrogen-bond acceptors (Lipinski definition) is 3. The zero-order chi connectivity index (χ0) is 14.8. The molecule has 1 aromatic carbocycles. The van der Waals surface area contributed by atoms with Gasteiger partial charge >= 0.3 is 6.36 Å². The van der Waals surface area contributed by atoms with Gasteiger partial charge in [-0.1, -0.05) is 18.2 Å². The normalized spacial score (nSPS) is 13.1. The fraction of sp³-hybridized carbons (Fsp3) is 0.214. The van der Waals surface area contributed by atoms with Gasteiger partial charge in [0.25, 0.3) is 0 Å². The van der Waals surface area contributed by atoms with Gasteiger partial charge in [0.2, 0.25) is 0 Å². The molecule has 1 N–H and O–H groups in total. The molecule has 20 heavy (non-hydrogen) atoms. The summed E-state index contributed by atoms with van der Waals surface area (Å²) in [5.74, 6) is -0.373. The van der Waals surface area contributed by atoms with Crippen molar-refractivity contribution in [3.8, 4) is 5.75 Å². The number of pyridine rings is 1. The molecule has 0 aliphatic heterocycles. The Morgan fingerprint density at radius 2 is 1.95 bits per heavy atom. The second kappa shape index (κ2) is 5.50. The lowest BCUT2D eigenvalue weighted by molar-refractivity contribution is -0.274. The number of aliphatic hydroxyl groups is 1. The Morgan fingerprint density at radius 1 is 1.20 bits per heavy atom. The Balaban J connectivity index is 2.29. The van der Waals surface area contributed by atoms with Gasteiger partial charge in [-0.15, -0.1) is 13.2 Å². The van der Waals surface area contributed by atoms with Gasteiger partial charge in [0.05, 0.1) is 5.69 Å². The van der Waals surface area contributed by atoms with Gasteiger partial charge in [-0.05, 0) is 36.2 Å². The Hall–Kier alpha value is -2.08. The predicted molar refractivity (Wildman–Crippen MR) is 66.2 cm³/mol. The van der Waals surface area contributed by atoms with Crippen molar-refractivity contribution in [2.45, 2.75) is 19.4 Å². The fourth-order valence-electron chi connectivity index (χ4n) is 1.82. The molecular weight excluding hydrogens is 271 g/mol. The quantitative estimate of drug-likeness (QED) is 0.939. The van der Waals surface area contributed by atoms with Crippen LogP contribution in [0.1, 0.15) is 22.9 Å². The van der Waals surface area contributed by atoms with E-state index in [9.17, 15) is 18.3 Å². The van der Waals surface area contributed by atoms with Crippen molar-refractivity contribution < 1.29 is 23.0 Å². The number of rotatable bonds is 3. The summed E-state index contributed by atoms with van der Waals surface area (Å²) < 4.78 is 40.3. The summed E-state index contributed by atoms with van der Waals surface area (Å²) in [4.78, 5) is 4.05. The van der Waals surface area contributed by atoms with Crippen molar-refractivity contribution >= 4 is 0 Å². The number of ether oxygens (including phenoxy) is 1. The standard InChI is InChI=1S/C14H12F3NO2/c1-9-4-3-7-18-12(9)13(19)10-5-2-6-11(8-10)20-14(15,16)17/h2-8,13,19H,1H3. The number of aliphatic hydroxyl groups excluding tert-OH is 1. The van der Waals surface area contributed by atoms with Gasteiger partial charge in [-0.3, -0.25) is 4.98 Å². The SMILES string of the molecule is Cc1cccnc1C(O)c1cccc(OC(F)(F)F)c1. The van der Waals surface area contributed by atoms with Crippen molar-refractivity contribution in [3.63, 3.8) is 0 Å². The van der Waals surface area contributed by atoms with E-state index in [1.54, 1.807) is 19.1 Å². The van der Waals surface area contributed by atoms with Crippen LogP contribution in [-0.4, -0.2) is 16.5 Å². The third kappa shape index (κ3) is 3.48.